The molecule has 0 aliphatic heterocycles. The molecule has 0 bridgehead atoms. The highest BCUT2D eigenvalue weighted by Gasteiger charge is 2.08. The van der Waals surface area contributed by atoms with Crippen molar-refractivity contribution in [2.75, 3.05) is 6.61 Å². The number of benzene rings is 1. The third-order valence-corrected chi connectivity index (χ3v) is 5.63. The Labute approximate surface area is 183 Å². The van der Waals surface area contributed by atoms with E-state index in [4.69, 9.17) is 4.74 Å². The lowest BCUT2D eigenvalue weighted by atomic mass is 10.1. The molecule has 0 saturated carbocycles. The summed E-state index contributed by atoms with van der Waals surface area (Å²) in [6.45, 7) is 5.12. The first-order chi connectivity index (χ1) is 14.7. The van der Waals surface area contributed by atoms with E-state index in [-0.39, 0.29) is 5.82 Å². The second-order valence-corrected chi connectivity index (χ2v) is 8.33. The van der Waals surface area contributed by atoms with Gasteiger partial charge >= 0.3 is 0 Å². The molecule has 2 aromatic rings. The summed E-state index contributed by atoms with van der Waals surface area (Å²) in [5.41, 5.74) is 2.44. The van der Waals surface area contributed by atoms with E-state index in [9.17, 15) is 4.39 Å². The summed E-state index contributed by atoms with van der Waals surface area (Å²) < 4.78 is 20.3. The van der Waals surface area contributed by atoms with Crippen LogP contribution >= 0.6 is 0 Å². The van der Waals surface area contributed by atoms with Gasteiger partial charge in [0.1, 0.15) is 11.6 Å². The first kappa shape index (κ1) is 24.4. The van der Waals surface area contributed by atoms with Crippen molar-refractivity contribution in [3.8, 4) is 17.0 Å². The van der Waals surface area contributed by atoms with Gasteiger partial charge in [0, 0.05) is 17.8 Å². The van der Waals surface area contributed by atoms with Crippen molar-refractivity contribution in [3.63, 3.8) is 0 Å². The molecule has 2 nitrogen and oxygen atoms in total. The smallest absolute Gasteiger partial charge is 0.136 e. The number of rotatable bonds is 16. The molecule has 166 valence electrons. The molecule has 1 aromatic heterocycles. The molecule has 1 aromatic carbocycles. The predicted molar refractivity (Wildman–Crippen MR) is 126 cm³/mol. The van der Waals surface area contributed by atoms with Gasteiger partial charge in [-0.05, 0) is 43.0 Å². The number of pyridine rings is 1. The van der Waals surface area contributed by atoms with Gasteiger partial charge in [-0.15, -0.1) is 0 Å². The maximum absolute atomic E-state index is 14.6. The SMILES string of the molecule is CCCCCCCCCOc1ccc(-c2ccc(CCCCCCC)cn2)c(F)c1. The Morgan fingerprint density at radius 2 is 1.43 bits per heavy atom. The molecule has 0 N–H and O–H groups in total. The number of nitrogens with zero attached hydrogens (tertiary/aromatic N) is 1. The molecule has 2 rings (SSSR count). The van der Waals surface area contributed by atoms with Crippen LogP contribution in [-0.4, -0.2) is 11.6 Å². The normalized spacial score (nSPS) is 11.0. The van der Waals surface area contributed by atoms with Gasteiger partial charge in [0.2, 0.25) is 0 Å². The molecular formula is C27H40FNO. The summed E-state index contributed by atoms with van der Waals surface area (Å²) in [5.74, 6) is 0.331. The van der Waals surface area contributed by atoms with Gasteiger partial charge in [0.25, 0.3) is 0 Å². The fraction of sp³-hybridized carbons (Fsp3) is 0.593. The lowest BCUT2D eigenvalue weighted by Gasteiger charge is -2.09. The van der Waals surface area contributed by atoms with Crippen molar-refractivity contribution in [1.82, 2.24) is 4.98 Å². The monoisotopic (exact) mass is 413 g/mol. The molecule has 0 spiro atoms. The van der Waals surface area contributed by atoms with Crippen LogP contribution in [0, 0.1) is 5.82 Å². The molecule has 0 fully saturated rings. The summed E-state index contributed by atoms with van der Waals surface area (Å²) in [6, 6.07) is 9.12. The van der Waals surface area contributed by atoms with Crippen LogP contribution in [0.15, 0.2) is 36.5 Å². The molecule has 0 unspecified atom stereocenters. The van der Waals surface area contributed by atoms with E-state index in [1.54, 1.807) is 6.07 Å². The maximum Gasteiger partial charge on any atom is 0.136 e. The number of halogens is 1. The fourth-order valence-corrected chi connectivity index (χ4v) is 3.71. The zero-order chi connectivity index (χ0) is 21.4. The first-order valence-corrected chi connectivity index (χ1v) is 12.1. The van der Waals surface area contributed by atoms with Crippen LogP contribution in [0.3, 0.4) is 0 Å². The zero-order valence-corrected chi connectivity index (χ0v) is 19.1. The van der Waals surface area contributed by atoms with E-state index in [0.717, 1.165) is 12.8 Å². The van der Waals surface area contributed by atoms with Gasteiger partial charge < -0.3 is 4.74 Å². The highest BCUT2D eigenvalue weighted by atomic mass is 19.1. The van der Waals surface area contributed by atoms with Crippen LogP contribution in [0.4, 0.5) is 4.39 Å². The number of unbranched alkanes of at least 4 members (excludes halogenated alkanes) is 10. The number of aromatic nitrogens is 1. The van der Waals surface area contributed by atoms with Crippen molar-refractivity contribution in [3.05, 3.63) is 47.9 Å². The summed E-state index contributed by atoms with van der Waals surface area (Å²) in [4.78, 5) is 4.49. The van der Waals surface area contributed by atoms with Crippen molar-refractivity contribution >= 4 is 0 Å². The van der Waals surface area contributed by atoms with E-state index < -0.39 is 0 Å². The fourth-order valence-electron chi connectivity index (χ4n) is 3.71. The molecule has 0 aliphatic carbocycles. The van der Waals surface area contributed by atoms with Crippen LogP contribution < -0.4 is 4.74 Å². The summed E-state index contributed by atoms with van der Waals surface area (Å²) in [6.07, 6.45) is 18.0. The van der Waals surface area contributed by atoms with Crippen LogP contribution in [0.25, 0.3) is 11.3 Å². The number of hydrogen-bond donors (Lipinski definition) is 0. The van der Waals surface area contributed by atoms with E-state index in [2.05, 4.69) is 24.9 Å². The first-order valence-electron chi connectivity index (χ1n) is 12.1. The van der Waals surface area contributed by atoms with Crippen LogP contribution in [0.1, 0.15) is 96.5 Å². The van der Waals surface area contributed by atoms with Gasteiger partial charge in [-0.2, -0.15) is 0 Å². The Hall–Kier alpha value is -1.90. The second-order valence-electron chi connectivity index (χ2n) is 8.33. The Morgan fingerprint density at radius 3 is 2.07 bits per heavy atom. The molecule has 30 heavy (non-hydrogen) atoms. The minimum absolute atomic E-state index is 0.271. The number of aryl methyl sites for hydroxylation is 1. The van der Waals surface area contributed by atoms with Gasteiger partial charge in [0.15, 0.2) is 0 Å². The van der Waals surface area contributed by atoms with Gasteiger partial charge in [-0.1, -0.05) is 84.1 Å². The predicted octanol–water partition coefficient (Wildman–Crippen LogP) is 8.53. The van der Waals surface area contributed by atoms with Crippen LogP contribution in [0.2, 0.25) is 0 Å². The largest absolute Gasteiger partial charge is 0.493 e. The van der Waals surface area contributed by atoms with Crippen LogP contribution in [0.5, 0.6) is 5.75 Å². The topological polar surface area (TPSA) is 22.1 Å². The lowest BCUT2D eigenvalue weighted by molar-refractivity contribution is 0.303. The van der Waals surface area contributed by atoms with Gasteiger partial charge in [-0.25, -0.2) is 4.39 Å². The molecule has 0 radical (unpaired) electrons. The second kappa shape index (κ2) is 15.0. The zero-order valence-electron chi connectivity index (χ0n) is 19.1. The molecule has 3 heteroatoms. The Kier molecular flexibility index (Phi) is 12.2. The van der Waals surface area contributed by atoms with Crippen molar-refractivity contribution < 1.29 is 9.13 Å². The summed E-state index contributed by atoms with van der Waals surface area (Å²) in [7, 11) is 0. The average Bonchev–Trinajstić information content (AvgIpc) is 2.76. The molecule has 0 amide bonds. The quantitative estimate of drug-likeness (QED) is 0.257. The number of ether oxygens (including phenoxy) is 1. The average molecular weight is 414 g/mol. The number of hydrogen-bond acceptors (Lipinski definition) is 2. The van der Waals surface area contributed by atoms with Gasteiger partial charge in [0.05, 0.1) is 12.3 Å². The highest BCUT2D eigenvalue weighted by molar-refractivity contribution is 5.61. The minimum atomic E-state index is -0.271. The molecule has 0 aliphatic rings. The van der Waals surface area contributed by atoms with E-state index >= 15 is 0 Å². The Balaban J connectivity index is 1.75. The van der Waals surface area contributed by atoms with Crippen LogP contribution in [-0.2, 0) is 6.42 Å². The summed E-state index contributed by atoms with van der Waals surface area (Å²) in [5, 5.41) is 0. The maximum atomic E-state index is 14.6. The lowest BCUT2D eigenvalue weighted by Crippen LogP contribution is -1.98. The van der Waals surface area contributed by atoms with Crippen molar-refractivity contribution in [2.45, 2.75) is 97.3 Å². The van der Waals surface area contributed by atoms with Crippen molar-refractivity contribution in [1.29, 1.82) is 0 Å². The Bertz CT molecular complexity index is 699. The molecule has 0 atom stereocenters. The molecule has 0 saturated heterocycles. The van der Waals surface area contributed by atoms with E-state index in [0.29, 0.717) is 23.6 Å². The van der Waals surface area contributed by atoms with E-state index in [1.165, 1.54) is 82.3 Å². The third kappa shape index (κ3) is 9.28. The van der Waals surface area contributed by atoms with E-state index in [1.807, 2.05) is 18.3 Å². The van der Waals surface area contributed by atoms with Crippen molar-refractivity contribution in [2.24, 2.45) is 0 Å². The summed E-state index contributed by atoms with van der Waals surface area (Å²) >= 11 is 0. The Morgan fingerprint density at radius 1 is 0.767 bits per heavy atom. The highest BCUT2D eigenvalue weighted by Crippen LogP contribution is 2.25. The third-order valence-electron chi connectivity index (χ3n) is 5.63. The minimum Gasteiger partial charge on any atom is -0.493 e. The molecule has 1 heterocycles. The molecular weight excluding hydrogens is 373 g/mol. The van der Waals surface area contributed by atoms with Gasteiger partial charge in [-0.3, -0.25) is 4.98 Å². The standard InChI is InChI=1S/C27H40FNO/c1-3-5-7-9-10-12-14-20-30-24-17-18-25(26(28)21-24)27-19-16-23(22-29-27)15-13-11-8-6-4-2/h16-19,21-22H,3-15,20H2,1-2H3.